The van der Waals surface area contributed by atoms with Gasteiger partial charge in [-0.3, -0.25) is 4.90 Å². The fraction of sp³-hybridized carbons (Fsp3) is 1.00. The van der Waals surface area contributed by atoms with Crippen molar-refractivity contribution in [3.05, 3.63) is 0 Å². The highest BCUT2D eigenvalue weighted by molar-refractivity contribution is 4.88. The van der Waals surface area contributed by atoms with Crippen LogP contribution in [0, 0.1) is 0 Å². The molecule has 0 amide bonds. The highest BCUT2D eigenvalue weighted by Crippen LogP contribution is 2.32. The first-order chi connectivity index (χ1) is 7.79. The van der Waals surface area contributed by atoms with Gasteiger partial charge in [0.2, 0.25) is 0 Å². The van der Waals surface area contributed by atoms with Gasteiger partial charge in [-0.15, -0.1) is 0 Å². The molecule has 0 aromatic carbocycles. The highest BCUT2D eigenvalue weighted by atomic mass is 19.4. The monoisotopic (exact) mass is 252 g/mol. The van der Waals surface area contributed by atoms with Crippen molar-refractivity contribution in [2.45, 2.75) is 64.3 Å². The van der Waals surface area contributed by atoms with Crippen LogP contribution >= 0.6 is 0 Å². The second-order valence-electron chi connectivity index (χ2n) is 5.27. The summed E-state index contributed by atoms with van der Waals surface area (Å²) in [6.45, 7) is 5.99. The van der Waals surface area contributed by atoms with Gasteiger partial charge in [0.25, 0.3) is 0 Å². The molecule has 0 aliphatic heterocycles. The first kappa shape index (κ1) is 14.8. The number of hydrogen-bond acceptors (Lipinski definition) is 2. The molecule has 0 aromatic heterocycles. The van der Waals surface area contributed by atoms with Gasteiger partial charge in [-0.25, -0.2) is 0 Å². The number of alkyl halides is 3. The molecule has 0 bridgehead atoms. The van der Waals surface area contributed by atoms with Gasteiger partial charge in [0.1, 0.15) is 0 Å². The van der Waals surface area contributed by atoms with Crippen LogP contribution in [0.2, 0.25) is 0 Å². The molecule has 2 nitrogen and oxygen atoms in total. The molecule has 1 atom stereocenters. The van der Waals surface area contributed by atoms with E-state index in [1.807, 2.05) is 20.8 Å². The molecule has 102 valence electrons. The van der Waals surface area contributed by atoms with Crippen molar-refractivity contribution in [1.82, 2.24) is 10.2 Å². The molecule has 0 saturated heterocycles. The maximum atomic E-state index is 12.4. The highest BCUT2D eigenvalue weighted by Gasteiger charge is 2.39. The Bertz CT molecular complexity index is 224. The van der Waals surface area contributed by atoms with E-state index in [-0.39, 0.29) is 12.1 Å². The lowest BCUT2D eigenvalue weighted by molar-refractivity contribution is -0.151. The standard InChI is InChI=1S/C12H23F3N2/c1-9(2)16-7-6-10(3)17(11-4-5-11)8-12(13,14)15/h9-11,16H,4-8H2,1-3H3. The smallest absolute Gasteiger partial charge is 0.314 e. The van der Waals surface area contributed by atoms with Crippen LogP contribution in [0.25, 0.3) is 0 Å². The third kappa shape index (κ3) is 6.27. The van der Waals surface area contributed by atoms with Crippen molar-refractivity contribution in [2.75, 3.05) is 13.1 Å². The molecule has 1 aliphatic carbocycles. The van der Waals surface area contributed by atoms with E-state index in [0.29, 0.717) is 6.04 Å². The van der Waals surface area contributed by atoms with Gasteiger partial charge in [0, 0.05) is 18.1 Å². The van der Waals surface area contributed by atoms with Gasteiger partial charge in [0.15, 0.2) is 0 Å². The average Bonchev–Trinajstić information content (AvgIpc) is 2.95. The summed E-state index contributed by atoms with van der Waals surface area (Å²) in [5, 5.41) is 3.25. The Hall–Kier alpha value is -0.290. The average molecular weight is 252 g/mol. The molecule has 5 heteroatoms. The predicted octanol–water partition coefficient (Wildman–Crippen LogP) is 2.79. The fourth-order valence-corrected chi connectivity index (χ4v) is 2.00. The fourth-order valence-electron chi connectivity index (χ4n) is 2.00. The maximum Gasteiger partial charge on any atom is 0.401 e. The quantitative estimate of drug-likeness (QED) is 0.749. The minimum absolute atomic E-state index is 0.00428. The predicted molar refractivity (Wildman–Crippen MR) is 63.0 cm³/mol. The Morgan fingerprint density at radius 3 is 2.24 bits per heavy atom. The lowest BCUT2D eigenvalue weighted by Gasteiger charge is -2.30. The van der Waals surface area contributed by atoms with Gasteiger partial charge in [-0.2, -0.15) is 13.2 Å². The lowest BCUT2D eigenvalue weighted by atomic mass is 10.2. The van der Waals surface area contributed by atoms with Gasteiger partial charge in [0.05, 0.1) is 6.54 Å². The van der Waals surface area contributed by atoms with Crippen molar-refractivity contribution in [3.8, 4) is 0 Å². The number of nitrogens with one attached hydrogen (secondary N) is 1. The zero-order chi connectivity index (χ0) is 13.1. The molecule has 1 aliphatic rings. The molecule has 1 fully saturated rings. The summed E-state index contributed by atoms with van der Waals surface area (Å²) < 4.78 is 37.3. The minimum Gasteiger partial charge on any atom is -0.314 e. The van der Waals surface area contributed by atoms with E-state index < -0.39 is 12.7 Å². The van der Waals surface area contributed by atoms with E-state index in [1.165, 1.54) is 0 Å². The van der Waals surface area contributed by atoms with Gasteiger partial charge >= 0.3 is 6.18 Å². The van der Waals surface area contributed by atoms with Crippen LogP contribution in [-0.2, 0) is 0 Å². The summed E-state index contributed by atoms with van der Waals surface area (Å²) in [5.74, 6) is 0. The van der Waals surface area contributed by atoms with Crippen LogP contribution in [0.1, 0.15) is 40.0 Å². The van der Waals surface area contributed by atoms with E-state index in [1.54, 1.807) is 4.90 Å². The number of halogens is 3. The van der Waals surface area contributed by atoms with Crippen LogP contribution in [0.5, 0.6) is 0 Å². The molecule has 0 spiro atoms. The summed E-state index contributed by atoms with van der Waals surface area (Å²) in [7, 11) is 0. The first-order valence-electron chi connectivity index (χ1n) is 6.35. The van der Waals surface area contributed by atoms with Crippen molar-refractivity contribution in [2.24, 2.45) is 0 Å². The third-order valence-electron chi connectivity index (χ3n) is 3.06. The summed E-state index contributed by atoms with van der Waals surface area (Å²) in [6.07, 6.45) is -1.48. The van der Waals surface area contributed by atoms with E-state index >= 15 is 0 Å². The molecule has 1 N–H and O–H groups in total. The van der Waals surface area contributed by atoms with E-state index in [9.17, 15) is 13.2 Å². The minimum atomic E-state index is -4.08. The number of rotatable bonds is 7. The Morgan fingerprint density at radius 1 is 1.24 bits per heavy atom. The Kier molecular flexibility index (Phi) is 5.25. The molecule has 17 heavy (non-hydrogen) atoms. The maximum absolute atomic E-state index is 12.4. The SMILES string of the molecule is CC(C)NCCC(C)N(CC(F)(F)F)C1CC1. The molecular weight excluding hydrogens is 229 g/mol. The van der Waals surface area contributed by atoms with E-state index in [2.05, 4.69) is 5.32 Å². The second kappa shape index (κ2) is 6.05. The van der Waals surface area contributed by atoms with Crippen LogP contribution in [0.15, 0.2) is 0 Å². The first-order valence-corrected chi connectivity index (χ1v) is 6.35. The van der Waals surface area contributed by atoms with Crippen LogP contribution < -0.4 is 5.32 Å². The summed E-state index contributed by atoms with van der Waals surface area (Å²) in [5.41, 5.74) is 0. The van der Waals surface area contributed by atoms with Gasteiger partial charge in [-0.05, 0) is 32.7 Å². The number of hydrogen-bond donors (Lipinski definition) is 1. The van der Waals surface area contributed by atoms with E-state index in [4.69, 9.17) is 0 Å². The van der Waals surface area contributed by atoms with E-state index in [0.717, 1.165) is 25.8 Å². The molecule has 1 rings (SSSR count). The van der Waals surface area contributed by atoms with Crippen LogP contribution in [0.4, 0.5) is 13.2 Å². The third-order valence-corrected chi connectivity index (χ3v) is 3.06. The topological polar surface area (TPSA) is 15.3 Å². The molecule has 1 saturated carbocycles. The molecule has 1 unspecified atom stereocenters. The summed E-state index contributed by atoms with van der Waals surface area (Å²) >= 11 is 0. The van der Waals surface area contributed by atoms with Crippen LogP contribution in [0.3, 0.4) is 0 Å². The zero-order valence-corrected chi connectivity index (χ0v) is 10.8. The number of nitrogens with zero attached hydrogens (tertiary/aromatic N) is 1. The zero-order valence-electron chi connectivity index (χ0n) is 10.8. The van der Waals surface area contributed by atoms with Crippen molar-refractivity contribution < 1.29 is 13.2 Å². The Labute approximate surface area is 102 Å². The Morgan fingerprint density at radius 2 is 1.82 bits per heavy atom. The summed E-state index contributed by atoms with van der Waals surface area (Å²) in [4.78, 5) is 1.61. The molecule has 0 aromatic rings. The molecule has 0 radical (unpaired) electrons. The second-order valence-corrected chi connectivity index (χ2v) is 5.27. The van der Waals surface area contributed by atoms with Crippen LogP contribution in [-0.4, -0.2) is 42.3 Å². The van der Waals surface area contributed by atoms with Crippen molar-refractivity contribution in [3.63, 3.8) is 0 Å². The summed E-state index contributed by atoms with van der Waals surface area (Å²) in [6, 6.07) is 0.542. The van der Waals surface area contributed by atoms with Crippen molar-refractivity contribution >= 4 is 0 Å². The lowest BCUT2D eigenvalue weighted by Crippen LogP contribution is -2.43. The molecule has 0 heterocycles. The normalized spacial score (nSPS) is 19.1. The Balaban J connectivity index is 2.36. The van der Waals surface area contributed by atoms with Gasteiger partial charge in [-0.1, -0.05) is 13.8 Å². The van der Waals surface area contributed by atoms with Gasteiger partial charge < -0.3 is 5.32 Å². The molecular formula is C12H23F3N2. The van der Waals surface area contributed by atoms with Crippen molar-refractivity contribution in [1.29, 1.82) is 0 Å². The largest absolute Gasteiger partial charge is 0.401 e.